The summed E-state index contributed by atoms with van der Waals surface area (Å²) in [5, 5.41) is 0.537. The molecule has 1 saturated heterocycles. The van der Waals surface area contributed by atoms with E-state index in [1.54, 1.807) is 24.3 Å². The Labute approximate surface area is 191 Å². The molecule has 0 N–H and O–H groups in total. The quantitative estimate of drug-likeness (QED) is 0.354. The third kappa shape index (κ3) is 4.77. The molecule has 4 rings (SSSR count). The van der Waals surface area contributed by atoms with Gasteiger partial charge in [0.15, 0.2) is 17.5 Å². The van der Waals surface area contributed by atoms with E-state index in [1.165, 1.54) is 16.2 Å². The lowest BCUT2D eigenvalue weighted by Crippen LogP contribution is -2.27. The van der Waals surface area contributed by atoms with Gasteiger partial charge in [-0.1, -0.05) is 39.4 Å². The molecule has 3 aromatic rings. The van der Waals surface area contributed by atoms with Crippen molar-refractivity contribution in [3.63, 3.8) is 0 Å². The number of carbonyl (C=O) groups excluding carboxylic acids is 3. The topological polar surface area (TPSA) is 85.8 Å². The Morgan fingerprint density at radius 2 is 2.00 bits per heavy atom. The third-order valence-corrected chi connectivity index (χ3v) is 6.43. The molecule has 31 heavy (non-hydrogen) atoms. The van der Waals surface area contributed by atoms with E-state index >= 15 is 0 Å². The van der Waals surface area contributed by atoms with Crippen LogP contribution >= 0.6 is 27.3 Å². The summed E-state index contributed by atoms with van der Waals surface area (Å²) in [6.45, 7) is 2.31. The Morgan fingerprint density at radius 3 is 2.74 bits per heavy atom. The van der Waals surface area contributed by atoms with Gasteiger partial charge in [-0.25, -0.2) is 4.98 Å². The van der Waals surface area contributed by atoms with Crippen LogP contribution in [0.1, 0.15) is 23.7 Å². The number of benzene rings is 2. The monoisotopic (exact) mass is 502 g/mol. The van der Waals surface area contributed by atoms with Gasteiger partial charge in [0.05, 0.1) is 22.7 Å². The number of fused-ring (bicyclic) bond motifs is 1. The number of nitrogens with zero attached hydrogens (tertiary/aromatic N) is 2. The van der Waals surface area contributed by atoms with Gasteiger partial charge in [-0.15, -0.1) is 0 Å². The van der Waals surface area contributed by atoms with E-state index < -0.39 is 11.9 Å². The molecule has 2 aromatic carbocycles. The molecule has 0 radical (unpaired) electrons. The van der Waals surface area contributed by atoms with Crippen LogP contribution < -0.4 is 9.64 Å². The first-order valence-electron chi connectivity index (χ1n) is 9.73. The standard InChI is InChI=1S/C22H19BrN2O5S/c1-2-29-16-7-8-17-19(10-16)31-22(24-17)25-11-14(9-20(25)27)21(28)30-12-18(26)13-3-5-15(23)6-4-13/h3-8,10,14H,2,9,11-12H2,1H3/t14-/m1/s1. The molecule has 1 aliphatic rings. The van der Waals surface area contributed by atoms with Crippen molar-refractivity contribution in [3.05, 3.63) is 52.5 Å². The smallest absolute Gasteiger partial charge is 0.311 e. The second-order valence-corrected chi connectivity index (χ2v) is 8.93. The second-order valence-electron chi connectivity index (χ2n) is 7.00. The van der Waals surface area contributed by atoms with Gasteiger partial charge in [-0.2, -0.15) is 0 Å². The highest BCUT2D eigenvalue weighted by atomic mass is 79.9. The fourth-order valence-corrected chi connectivity index (χ4v) is 4.57. The first-order chi connectivity index (χ1) is 14.9. The van der Waals surface area contributed by atoms with Crippen molar-refractivity contribution in [2.45, 2.75) is 13.3 Å². The van der Waals surface area contributed by atoms with Gasteiger partial charge < -0.3 is 9.47 Å². The predicted molar refractivity (Wildman–Crippen MR) is 121 cm³/mol. The molecule has 1 aliphatic heterocycles. The van der Waals surface area contributed by atoms with E-state index in [-0.39, 0.29) is 31.3 Å². The summed E-state index contributed by atoms with van der Waals surface area (Å²) in [7, 11) is 0. The average Bonchev–Trinajstić information content (AvgIpc) is 3.35. The minimum atomic E-state index is -0.629. The normalized spacial score (nSPS) is 16.0. The molecular weight excluding hydrogens is 484 g/mol. The van der Waals surface area contributed by atoms with Crippen LogP contribution in [0.2, 0.25) is 0 Å². The molecule has 7 nitrogen and oxygen atoms in total. The summed E-state index contributed by atoms with van der Waals surface area (Å²) in [6, 6.07) is 12.4. The summed E-state index contributed by atoms with van der Waals surface area (Å²) in [4.78, 5) is 43.2. The summed E-state index contributed by atoms with van der Waals surface area (Å²) in [5.41, 5.74) is 1.23. The molecular formula is C22H19BrN2O5S. The number of anilines is 1. The third-order valence-electron chi connectivity index (χ3n) is 4.86. The van der Waals surface area contributed by atoms with E-state index in [0.717, 1.165) is 20.4 Å². The molecule has 1 amide bonds. The second kappa shape index (κ2) is 9.15. The number of ketones is 1. The first-order valence-corrected chi connectivity index (χ1v) is 11.3. The highest BCUT2D eigenvalue weighted by molar-refractivity contribution is 9.10. The molecule has 1 fully saturated rings. The van der Waals surface area contributed by atoms with Crippen molar-refractivity contribution in [2.24, 2.45) is 5.92 Å². The van der Waals surface area contributed by atoms with Gasteiger partial charge in [0.25, 0.3) is 0 Å². The lowest BCUT2D eigenvalue weighted by atomic mass is 10.1. The number of Topliss-reactive ketones (excluding diaryl/α,β-unsaturated/α-hetero) is 1. The summed E-state index contributed by atoms with van der Waals surface area (Å²) in [6.07, 6.45) is 0.0332. The lowest BCUT2D eigenvalue weighted by Gasteiger charge is -2.12. The number of hydrogen-bond acceptors (Lipinski definition) is 7. The van der Waals surface area contributed by atoms with Gasteiger partial charge in [0.1, 0.15) is 5.75 Å². The molecule has 160 valence electrons. The maximum atomic E-state index is 12.5. The van der Waals surface area contributed by atoms with Gasteiger partial charge in [0, 0.05) is 23.0 Å². The zero-order valence-corrected chi connectivity index (χ0v) is 19.1. The van der Waals surface area contributed by atoms with Crippen LogP contribution in [0.3, 0.4) is 0 Å². The number of esters is 1. The fraction of sp³-hybridized carbons (Fsp3) is 0.273. The molecule has 1 atom stereocenters. The van der Waals surface area contributed by atoms with Crippen LogP contribution in [0.15, 0.2) is 46.9 Å². The van der Waals surface area contributed by atoms with Crippen LogP contribution in [-0.2, 0) is 14.3 Å². The molecule has 2 heterocycles. The van der Waals surface area contributed by atoms with E-state index in [1.807, 2.05) is 25.1 Å². The van der Waals surface area contributed by atoms with Crippen molar-refractivity contribution < 1.29 is 23.9 Å². The van der Waals surface area contributed by atoms with Crippen molar-refractivity contribution in [3.8, 4) is 5.75 Å². The predicted octanol–water partition coefficient (Wildman–Crippen LogP) is 4.24. The van der Waals surface area contributed by atoms with Crippen molar-refractivity contribution in [1.29, 1.82) is 0 Å². The highest BCUT2D eigenvalue weighted by Crippen LogP contribution is 2.34. The van der Waals surface area contributed by atoms with Crippen LogP contribution in [0.4, 0.5) is 5.13 Å². The molecule has 0 unspecified atom stereocenters. The number of aromatic nitrogens is 1. The lowest BCUT2D eigenvalue weighted by molar-refractivity contribution is -0.147. The van der Waals surface area contributed by atoms with E-state index in [4.69, 9.17) is 9.47 Å². The van der Waals surface area contributed by atoms with Gasteiger partial charge >= 0.3 is 5.97 Å². The van der Waals surface area contributed by atoms with Crippen LogP contribution in [0.25, 0.3) is 10.2 Å². The Hall–Kier alpha value is -2.78. The Bertz CT molecular complexity index is 1140. The summed E-state index contributed by atoms with van der Waals surface area (Å²) in [5.74, 6) is -0.921. The number of halogens is 1. The van der Waals surface area contributed by atoms with Crippen LogP contribution in [0.5, 0.6) is 5.75 Å². The summed E-state index contributed by atoms with van der Waals surface area (Å²) >= 11 is 4.68. The number of amides is 1. The van der Waals surface area contributed by atoms with Crippen molar-refractivity contribution >= 4 is 60.3 Å². The largest absolute Gasteiger partial charge is 0.494 e. The number of rotatable bonds is 7. The van der Waals surface area contributed by atoms with Crippen LogP contribution in [-0.4, -0.2) is 42.4 Å². The Kier molecular flexibility index (Phi) is 6.33. The van der Waals surface area contributed by atoms with E-state index in [0.29, 0.717) is 17.3 Å². The van der Waals surface area contributed by atoms with E-state index in [2.05, 4.69) is 20.9 Å². The SMILES string of the molecule is CCOc1ccc2nc(N3C[C@H](C(=O)OCC(=O)c4ccc(Br)cc4)CC3=O)sc2c1. The number of thiazole rings is 1. The Morgan fingerprint density at radius 1 is 1.23 bits per heavy atom. The zero-order valence-electron chi connectivity index (χ0n) is 16.7. The maximum absolute atomic E-state index is 12.5. The van der Waals surface area contributed by atoms with Crippen molar-refractivity contribution in [1.82, 2.24) is 4.98 Å². The molecule has 1 aromatic heterocycles. The molecule has 0 bridgehead atoms. The molecule has 0 saturated carbocycles. The minimum absolute atomic E-state index is 0.0332. The number of ether oxygens (including phenoxy) is 2. The maximum Gasteiger partial charge on any atom is 0.311 e. The van der Waals surface area contributed by atoms with Gasteiger partial charge in [0.2, 0.25) is 5.91 Å². The van der Waals surface area contributed by atoms with Crippen LogP contribution in [0, 0.1) is 5.92 Å². The number of hydrogen-bond donors (Lipinski definition) is 0. The molecule has 9 heteroatoms. The highest BCUT2D eigenvalue weighted by Gasteiger charge is 2.37. The van der Waals surface area contributed by atoms with Crippen molar-refractivity contribution in [2.75, 3.05) is 24.7 Å². The summed E-state index contributed by atoms with van der Waals surface area (Å²) < 4.78 is 12.5. The van der Waals surface area contributed by atoms with Gasteiger partial charge in [-0.05, 0) is 37.3 Å². The van der Waals surface area contributed by atoms with E-state index in [9.17, 15) is 14.4 Å². The molecule has 0 aliphatic carbocycles. The first kappa shape index (κ1) is 21.5. The zero-order chi connectivity index (χ0) is 22.0. The fourth-order valence-electron chi connectivity index (χ4n) is 3.29. The van der Waals surface area contributed by atoms with Gasteiger partial charge in [-0.3, -0.25) is 19.3 Å². The number of carbonyl (C=O) groups is 3. The average molecular weight is 503 g/mol. The minimum Gasteiger partial charge on any atom is -0.494 e. The Balaban J connectivity index is 1.39. The molecule has 0 spiro atoms.